The van der Waals surface area contributed by atoms with E-state index >= 15 is 0 Å². The molecule has 0 aliphatic carbocycles. The van der Waals surface area contributed by atoms with Gasteiger partial charge in [0.05, 0.1) is 0 Å². The topological polar surface area (TPSA) is 35.0 Å². The molecular formula is C2H6ClFeN. The second-order valence-corrected chi connectivity index (χ2v) is 0. The SMILES string of the molecule is N.[CH-]=C.[Cl-].[Fe+2]. The van der Waals surface area contributed by atoms with Gasteiger partial charge in [-0.15, -0.1) is 0 Å². The van der Waals surface area contributed by atoms with E-state index in [0.717, 1.165) is 0 Å². The molecule has 0 amide bonds. The Labute approximate surface area is 49.3 Å². The Bertz CT molecular complexity index is 9.61. The quantitative estimate of drug-likeness (QED) is 0.296. The van der Waals surface area contributed by atoms with Crippen molar-refractivity contribution in [1.82, 2.24) is 6.15 Å². The van der Waals surface area contributed by atoms with E-state index in [-0.39, 0.29) is 35.6 Å². The molecule has 0 aromatic rings. The Morgan fingerprint density at radius 1 is 1.20 bits per heavy atom. The molecule has 0 aromatic carbocycles. The van der Waals surface area contributed by atoms with Gasteiger partial charge < -0.3 is 25.1 Å². The fourth-order valence-corrected chi connectivity index (χ4v) is 0. The van der Waals surface area contributed by atoms with Crippen molar-refractivity contribution in [1.29, 1.82) is 0 Å². The molecule has 0 bridgehead atoms. The minimum atomic E-state index is 0. The Kier molecular flexibility index (Phi) is 2100. The van der Waals surface area contributed by atoms with Crippen molar-refractivity contribution in [2.45, 2.75) is 0 Å². The van der Waals surface area contributed by atoms with E-state index in [1.54, 1.807) is 0 Å². The molecule has 0 atom stereocenters. The van der Waals surface area contributed by atoms with E-state index in [1.165, 1.54) is 0 Å². The normalized spacial score (nSPS) is 0.800. The van der Waals surface area contributed by atoms with Crippen molar-refractivity contribution in [3.8, 4) is 0 Å². The molecule has 5 heavy (non-hydrogen) atoms. The summed E-state index contributed by atoms with van der Waals surface area (Å²) >= 11 is 0. The second-order valence-electron chi connectivity index (χ2n) is 0. The minimum absolute atomic E-state index is 0. The molecule has 0 aromatic heterocycles. The van der Waals surface area contributed by atoms with Gasteiger partial charge in [0.25, 0.3) is 0 Å². The van der Waals surface area contributed by atoms with Crippen molar-refractivity contribution in [2.24, 2.45) is 0 Å². The molecule has 3 heteroatoms. The van der Waals surface area contributed by atoms with Crippen molar-refractivity contribution >= 4 is 0 Å². The monoisotopic (exact) mass is 135 g/mol. The summed E-state index contributed by atoms with van der Waals surface area (Å²) in [6, 6.07) is 0. The fraction of sp³-hybridized carbons (Fsp3) is 0. The van der Waals surface area contributed by atoms with Gasteiger partial charge in [-0.1, -0.05) is 0 Å². The van der Waals surface area contributed by atoms with Crippen LogP contribution in [-0.2, 0) is 17.1 Å². The summed E-state index contributed by atoms with van der Waals surface area (Å²) in [6.07, 6.45) is 0. The number of halogens is 1. The summed E-state index contributed by atoms with van der Waals surface area (Å²) < 4.78 is 0. The summed E-state index contributed by atoms with van der Waals surface area (Å²) in [6.45, 7) is 7.00. The van der Waals surface area contributed by atoms with Gasteiger partial charge in [0.15, 0.2) is 0 Å². The van der Waals surface area contributed by atoms with Crippen LogP contribution in [-0.4, -0.2) is 0 Å². The van der Waals surface area contributed by atoms with Crippen LogP contribution in [0, 0.1) is 6.58 Å². The van der Waals surface area contributed by atoms with E-state index in [2.05, 4.69) is 13.2 Å². The zero-order valence-corrected chi connectivity index (χ0v) is 4.58. The predicted octanol–water partition coefficient (Wildman–Crippen LogP) is -2.23. The Morgan fingerprint density at radius 2 is 1.20 bits per heavy atom. The molecule has 1 nitrogen and oxygen atoms in total. The van der Waals surface area contributed by atoms with Crippen LogP contribution >= 0.6 is 0 Å². The zero-order chi connectivity index (χ0) is 2.00. The molecule has 34 valence electrons. The maximum Gasteiger partial charge on any atom is 2.00 e. The van der Waals surface area contributed by atoms with Crippen LogP contribution in [0.5, 0.6) is 0 Å². The smallest absolute Gasteiger partial charge is 1.00 e. The summed E-state index contributed by atoms with van der Waals surface area (Å²) in [4.78, 5) is 0. The van der Waals surface area contributed by atoms with Crippen LogP contribution in [0.1, 0.15) is 0 Å². The van der Waals surface area contributed by atoms with Crippen molar-refractivity contribution in [2.75, 3.05) is 0 Å². The summed E-state index contributed by atoms with van der Waals surface area (Å²) in [5.74, 6) is 0. The third kappa shape index (κ3) is 109. The first kappa shape index (κ1) is 49.2. The van der Waals surface area contributed by atoms with Gasteiger partial charge in [-0.3, -0.25) is 6.58 Å². The third-order valence-electron chi connectivity index (χ3n) is 0. The molecular weight excluding hydrogens is 129 g/mol. The van der Waals surface area contributed by atoms with E-state index in [4.69, 9.17) is 0 Å². The zero-order valence-electron chi connectivity index (χ0n) is 2.72. The van der Waals surface area contributed by atoms with Crippen LogP contribution in [0.3, 0.4) is 0 Å². The number of hydrogen-bond donors (Lipinski definition) is 1. The maximum atomic E-state index is 4.25. The Hall–Kier alpha value is 0.509. The minimum Gasteiger partial charge on any atom is -1.00 e. The van der Waals surface area contributed by atoms with Gasteiger partial charge in [-0.05, 0) is 0 Å². The first-order valence-corrected chi connectivity index (χ1v) is 0.408. The average molecular weight is 135 g/mol. The Morgan fingerprint density at radius 3 is 1.20 bits per heavy atom. The van der Waals surface area contributed by atoms with Crippen LogP contribution in [0.2, 0.25) is 0 Å². The standard InChI is InChI=1S/C2H3.ClH.Fe.H3N/c1-2;;;/h1H,2H2;1H;;1H3/q-1;;+2;/p-1. The van der Waals surface area contributed by atoms with Gasteiger partial charge >= 0.3 is 17.1 Å². The predicted molar refractivity (Wildman–Crippen MR) is 14.9 cm³/mol. The van der Waals surface area contributed by atoms with Crippen molar-refractivity contribution in [3.63, 3.8) is 0 Å². The van der Waals surface area contributed by atoms with Gasteiger partial charge in [0.1, 0.15) is 0 Å². The Balaban J connectivity index is -0.00000000167. The van der Waals surface area contributed by atoms with E-state index in [1.807, 2.05) is 0 Å². The molecule has 0 aliphatic rings. The molecule has 0 saturated carbocycles. The summed E-state index contributed by atoms with van der Waals surface area (Å²) in [7, 11) is 0. The van der Waals surface area contributed by atoms with Crippen LogP contribution in [0.4, 0.5) is 0 Å². The molecule has 0 fully saturated rings. The fourth-order valence-electron chi connectivity index (χ4n) is 0. The van der Waals surface area contributed by atoms with E-state index < -0.39 is 0 Å². The largest absolute Gasteiger partial charge is 2.00 e. The van der Waals surface area contributed by atoms with E-state index in [0.29, 0.717) is 0 Å². The van der Waals surface area contributed by atoms with E-state index in [9.17, 15) is 0 Å². The molecule has 0 spiro atoms. The summed E-state index contributed by atoms with van der Waals surface area (Å²) in [5, 5.41) is 0. The summed E-state index contributed by atoms with van der Waals surface area (Å²) in [5.41, 5.74) is 0. The first-order chi connectivity index (χ1) is 1.00. The molecule has 0 heterocycles. The van der Waals surface area contributed by atoms with Gasteiger partial charge in [-0.2, -0.15) is 0 Å². The van der Waals surface area contributed by atoms with Crippen LogP contribution in [0.15, 0.2) is 6.58 Å². The molecule has 0 rings (SSSR count). The molecule has 0 unspecified atom stereocenters. The van der Waals surface area contributed by atoms with Crippen molar-refractivity contribution < 1.29 is 29.5 Å². The van der Waals surface area contributed by atoms with Crippen molar-refractivity contribution in [3.05, 3.63) is 13.2 Å². The molecule has 0 radical (unpaired) electrons. The van der Waals surface area contributed by atoms with Gasteiger partial charge in [0, 0.05) is 0 Å². The van der Waals surface area contributed by atoms with Crippen LogP contribution in [0.25, 0.3) is 0 Å². The average Bonchev–Trinajstić information content (AvgIpc) is 1.00. The van der Waals surface area contributed by atoms with Gasteiger partial charge in [0.2, 0.25) is 0 Å². The molecule has 3 N–H and O–H groups in total. The molecule has 0 aliphatic heterocycles. The number of rotatable bonds is 0. The maximum absolute atomic E-state index is 4.25. The first-order valence-electron chi connectivity index (χ1n) is 0.408. The number of hydrogen-bond acceptors (Lipinski definition) is 1. The third-order valence-corrected chi connectivity index (χ3v) is 0. The van der Waals surface area contributed by atoms with Crippen LogP contribution < -0.4 is 18.6 Å². The second kappa shape index (κ2) is 214. The molecule has 0 saturated heterocycles. The van der Waals surface area contributed by atoms with Gasteiger partial charge in [-0.25, -0.2) is 0 Å².